The van der Waals surface area contributed by atoms with Crippen LogP contribution in [-0.2, 0) is 14.1 Å². The van der Waals surface area contributed by atoms with Gasteiger partial charge in [0.1, 0.15) is 14.1 Å². The molecule has 0 N–H and O–H groups in total. The van der Waals surface area contributed by atoms with Crippen molar-refractivity contribution in [1.82, 2.24) is 0 Å². The number of benzene rings is 2. The van der Waals surface area contributed by atoms with E-state index in [-0.39, 0.29) is 0 Å². The summed E-state index contributed by atoms with van der Waals surface area (Å²) in [5, 5.41) is 0. The minimum absolute atomic E-state index is 1.01. The molecular weight excluding hydrogens is 553 g/mol. The third kappa shape index (κ3) is 9.53. The van der Waals surface area contributed by atoms with Crippen molar-refractivity contribution >= 4 is 57.3 Å². The van der Waals surface area contributed by atoms with Crippen LogP contribution in [0.4, 0.5) is 11.4 Å². The highest BCUT2D eigenvalue weighted by molar-refractivity contribution is 8.76. The summed E-state index contributed by atoms with van der Waals surface area (Å²) in [6.07, 6.45) is 12.8. The van der Waals surface area contributed by atoms with Crippen molar-refractivity contribution in [2.45, 2.75) is 13.8 Å². The van der Waals surface area contributed by atoms with Gasteiger partial charge >= 0.3 is 0 Å². The Balaban J connectivity index is 1.18. The summed E-state index contributed by atoms with van der Waals surface area (Å²) in [7, 11) is 8.11. The van der Waals surface area contributed by atoms with Crippen molar-refractivity contribution in [2.75, 3.05) is 47.5 Å². The van der Waals surface area contributed by atoms with Gasteiger partial charge in [-0.15, -0.1) is 0 Å². The lowest BCUT2D eigenvalue weighted by atomic mass is 10.1. The van der Waals surface area contributed by atoms with Gasteiger partial charge in [-0.3, -0.25) is 0 Å². The minimum atomic E-state index is 1.01. The van der Waals surface area contributed by atoms with Crippen LogP contribution < -0.4 is 18.9 Å². The average molecular weight is 597 g/mol. The normalized spacial score (nSPS) is 11.4. The van der Waals surface area contributed by atoms with Gasteiger partial charge in [0.05, 0.1) is 0 Å². The van der Waals surface area contributed by atoms with Gasteiger partial charge in [-0.05, 0) is 73.5 Å². The molecule has 6 heteroatoms. The number of hydrogen-bond acceptors (Lipinski definition) is 4. The Bertz CT molecular complexity index is 1320. The number of aromatic nitrogens is 2. The molecule has 4 nitrogen and oxygen atoms in total. The van der Waals surface area contributed by atoms with Gasteiger partial charge in [0.15, 0.2) is 12.4 Å². The Labute approximate surface area is 260 Å². The summed E-state index contributed by atoms with van der Waals surface area (Å²) in [5.41, 5.74) is 7.39. The first kappa shape index (κ1) is 31.5. The van der Waals surface area contributed by atoms with Crippen molar-refractivity contribution in [3.05, 3.63) is 120 Å². The molecule has 4 rings (SSSR count). The lowest BCUT2D eigenvalue weighted by Crippen LogP contribution is -2.30. The van der Waals surface area contributed by atoms with Crippen molar-refractivity contribution < 1.29 is 9.13 Å². The molecule has 0 fully saturated rings. The van der Waals surface area contributed by atoms with Crippen LogP contribution in [0.25, 0.3) is 24.3 Å². The van der Waals surface area contributed by atoms with E-state index in [0.717, 1.165) is 37.7 Å². The smallest absolute Gasteiger partial charge is 0.204 e. The van der Waals surface area contributed by atoms with Crippen LogP contribution in [-0.4, -0.2) is 37.7 Å². The van der Waals surface area contributed by atoms with Crippen LogP contribution in [0.3, 0.4) is 0 Å². The molecule has 4 aromatic rings. The standard InChI is InChI=1S/C36H44N4S2/c1-5-39(35-21-15-31(16-22-35)13-19-33-11-7-9-25-37(33)3)27-29-41-42-30-28-40(6-2)36-23-17-32(18-24-36)14-20-34-12-8-10-26-38(34)4/h7-26H,5-6,27-30H2,1-4H3/q+2. The predicted molar refractivity (Wildman–Crippen MR) is 187 cm³/mol. The Morgan fingerprint density at radius 3 is 1.31 bits per heavy atom. The molecule has 0 aliphatic heterocycles. The van der Waals surface area contributed by atoms with Crippen LogP contribution >= 0.6 is 21.6 Å². The number of anilines is 2. The number of hydrogen-bond donors (Lipinski definition) is 0. The topological polar surface area (TPSA) is 14.2 Å². The second-order valence-corrected chi connectivity index (χ2v) is 12.8. The van der Waals surface area contributed by atoms with Crippen molar-refractivity contribution in [3.8, 4) is 0 Å². The highest BCUT2D eigenvalue weighted by Crippen LogP contribution is 2.24. The van der Waals surface area contributed by atoms with Gasteiger partial charge in [-0.2, -0.15) is 0 Å². The van der Waals surface area contributed by atoms with Crippen molar-refractivity contribution in [2.24, 2.45) is 14.1 Å². The fraction of sp³-hybridized carbons (Fsp3) is 0.278. The molecule has 0 atom stereocenters. The van der Waals surface area contributed by atoms with Gasteiger partial charge in [-0.1, -0.05) is 45.9 Å². The number of rotatable bonds is 15. The molecule has 0 spiro atoms. The fourth-order valence-electron chi connectivity index (χ4n) is 4.73. The molecule has 2 heterocycles. The van der Waals surface area contributed by atoms with E-state index in [1.807, 2.05) is 33.7 Å². The maximum absolute atomic E-state index is 2.46. The zero-order chi connectivity index (χ0) is 29.6. The summed E-state index contributed by atoms with van der Waals surface area (Å²) in [6.45, 7) is 8.61. The molecule has 0 aliphatic carbocycles. The van der Waals surface area contributed by atoms with E-state index >= 15 is 0 Å². The summed E-state index contributed by atoms with van der Waals surface area (Å²) in [6, 6.07) is 30.3. The van der Waals surface area contributed by atoms with E-state index in [4.69, 9.17) is 0 Å². The van der Waals surface area contributed by atoms with Gasteiger partial charge in [0, 0.05) is 85.5 Å². The fourth-order valence-corrected chi connectivity index (χ4v) is 6.71. The molecule has 0 radical (unpaired) electrons. The Kier molecular flexibility index (Phi) is 12.6. The molecule has 0 unspecified atom stereocenters. The van der Waals surface area contributed by atoms with Crippen LogP contribution in [0.5, 0.6) is 0 Å². The lowest BCUT2D eigenvalue weighted by molar-refractivity contribution is -0.673. The molecule has 2 aromatic carbocycles. The van der Waals surface area contributed by atoms with E-state index in [9.17, 15) is 0 Å². The summed E-state index contributed by atoms with van der Waals surface area (Å²) < 4.78 is 4.25. The molecular formula is C36H44N4S2+2. The number of aryl methyl sites for hydroxylation is 2. The van der Waals surface area contributed by atoms with Crippen molar-refractivity contribution in [3.63, 3.8) is 0 Å². The first-order valence-electron chi connectivity index (χ1n) is 14.8. The quantitative estimate of drug-likeness (QED) is 0.0806. The zero-order valence-corrected chi connectivity index (χ0v) is 27.0. The molecule has 218 valence electrons. The largest absolute Gasteiger partial charge is 0.371 e. The number of pyridine rings is 2. The summed E-state index contributed by atoms with van der Waals surface area (Å²) >= 11 is 0. The van der Waals surface area contributed by atoms with Crippen LogP contribution in [0, 0.1) is 0 Å². The maximum Gasteiger partial charge on any atom is 0.204 e. The Morgan fingerprint density at radius 1 is 0.548 bits per heavy atom. The summed E-state index contributed by atoms with van der Waals surface area (Å²) in [4.78, 5) is 4.93. The summed E-state index contributed by atoms with van der Waals surface area (Å²) in [5.74, 6) is 2.22. The molecule has 0 saturated heterocycles. The van der Waals surface area contributed by atoms with E-state index in [1.165, 1.54) is 33.9 Å². The SMILES string of the molecule is CCN(CCSSCCN(CC)c1ccc(C=Cc2cccc[n+]2C)cc1)c1ccc(C=Cc2cccc[n+]2C)cc1. The molecule has 42 heavy (non-hydrogen) atoms. The van der Waals surface area contributed by atoms with E-state index < -0.39 is 0 Å². The van der Waals surface area contributed by atoms with Crippen LogP contribution in [0.1, 0.15) is 36.4 Å². The van der Waals surface area contributed by atoms with Crippen LogP contribution in [0.2, 0.25) is 0 Å². The van der Waals surface area contributed by atoms with Gasteiger partial charge < -0.3 is 9.80 Å². The highest BCUT2D eigenvalue weighted by Gasteiger charge is 2.07. The number of nitrogens with zero attached hydrogens (tertiary/aromatic N) is 4. The first-order valence-corrected chi connectivity index (χ1v) is 17.3. The van der Waals surface area contributed by atoms with Gasteiger partial charge in [0.2, 0.25) is 11.4 Å². The maximum atomic E-state index is 2.46. The average Bonchev–Trinajstić information content (AvgIpc) is 3.02. The lowest BCUT2D eigenvalue weighted by Gasteiger charge is -2.24. The third-order valence-corrected chi connectivity index (χ3v) is 9.70. The molecule has 0 aliphatic rings. The first-order chi connectivity index (χ1) is 20.6. The Hall–Kier alpha value is -3.48. The third-order valence-electron chi connectivity index (χ3n) is 7.34. The van der Waals surface area contributed by atoms with Gasteiger partial charge in [-0.25, -0.2) is 9.13 Å². The predicted octanol–water partition coefficient (Wildman–Crippen LogP) is 7.41. The van der Waals surface area contributed by atoms with Crippen molar-refractivity contribution in [1.29, 1.82) is 0 Å². The van der Waals surface area contributed by atoms with Gasteiger partial charge in [0.25, 0.3) is 0 Å². The molecule has 0 saturated carbocycles. The zero-order valence-electron chi connectivity index (χ0n) is 25.4. The Morgan fingerprint density at radius 2 is 0.952 bits per heavy atom. The molecule has 0 amide bonds. The second kappa shape index (κ2) is 16.8. The van der Waals surface area contributed by atoms with E-state index in [1.54, 1.807) is 0 Å². The van der Waals surface area contributed by atoms with Crippen LogP contribution in [0.15, 0.2) is 97.3 Å². The van der Waals surface area contributed by atoms with E-state index in [2.05, 4.69) is 156 Å². The second-order valence-electron chi connectivity index (χ2n) is 10.1. The molecule has 2 aromatic heterocycles. The monoisotopic (exact) mass is 596 g/mol. The molecule has 0 bridgehead atoms. The highest BCUT2D eigenvalue weighted by atomic mass is 33.1. The van der Waals surface area contributed by atoms with E-state index in [0.29, 0.717) is 0 Å². The minimum Gasteiger partial charge on any atom is -0.371 e.